The molecule has 1 heterocycles. The van der Waals surface area contributed by atoms with Gasteiger partial charge in [0.1, 0.15) is 5.75 Å². The fraction of sp³-hybridized carbons (Fsp3) is 0.391. The Hall–Kier alpha value is -2.82. The number of fused-ring (bicyclic) bond motifs is 1. The van der Waals surface area contributed by atoms with Crippen LogP contribution in [0.1, 0.15) is 56.1 Å². The molecule has 1 aliphatic rings. The van der Waals surface area contributed by atoms with Crippen LogP contribution in [0.15, 0.2) is 42.5 Å². The molecule has 5 nitrogen and oxygen atoms in total. The summed E-state index contributed by atoms with van der Waals surface area (Å²) in [6, 6.07) is 13.5. The van der Waals surface area contributed by atoms with Gasteiger partial charge in [-0.2, -0.15) is 0 Å². The molecule has 0 fully saturated rings. The van der Waals surface area contributed by atoms with E-state index in [9.17, 15) is 9.59 Å². The Bertz CT molecular complexity index is 897. The van der Waals surface area contributed by atoms with Crippen LogP contribution in [-0.2, 0) is 16.8 Å². The van der Waals surface area contributed by atoms with E-state index in [0.717, 1.165) is 16.8 Å². The first kappa shape index (κ1) is 19.9. The third kappa shape index (κ3) is 4.35. The lowest BCUT2D eigenvalue weighted by Gasteiger charge is -2.31. The van der Waals surface area contributed by atoms with Crippen molar-refractivity contribution < 1.29 is 14.3 Å². The smallest absolute Gasteiger partial charge is 0.265 e. The second-order valence-corrected chi connectivity index (χ2v) is 8.53. The first-order valence-corrected chi connectivity index (χ1v) is 9.62. The van der Waals surface area contributed by atoms with Gasteiger partial charge in [0.15, 0.2) is 6.61 Å². The van der Waals surface area contributed by atoms with Crippen molar-refractivity contribution in [1.82, 2.24) is 5.32 Å². The third-order valence-electron chi connectivity index (χ3n) is 4.72. The maximum Gasteiger partial charge on any atom is 0.265 e. The summed E-state index contributed by atoms with van der Waals surface area (Å²) in [5.41, 5.74) is 3.38. The Balaban J connectivity index is 1.91. The number of anilines is 1. The van der Waals surface area contributed by atoms with Gasteiger partial charge in [0.2, 0.25) is 0 Å². The van der Waals surface area contributed by atoms with Crippen LogP contribution in [0.2, 0.25) is 0 Å². The van der Waals surface area contributed by atoms with Crippen molar-refractivity contribution in [2.75, 3.05) is 11.5 Å². The molecule has 0 spiro atoms. The highest BCUT2D eigenvalue weighted by Crippen LogP contribution is 2.37. The molecule has 0 atom stereocenters. The average molecular weight is 380 g/mol. The standard InChI is InChI=1S/C23H28N2O3/c1-15(2)24-22(27)17-8-6-7-16(11-17)13-25-19-12-18(23(3,4)5)9-10-20(19)28-14-21(25)26/h6-12,15H,13-14H2,1-5H3,(H,24,27). The summed E-state index contributed by atoms with van der Waals surface area (Å²) in [4.78, 5) is 26.7. The number of carbonyl (C=O) groups is 2. The molecule has 0 aliphatic carbocycles. The lowest BCUT2D eigenvalue weighted by atomic mass is 9.86. The zero-order chi connectivity index (χ0) is 20.5. The Morgan fingerprint density at radius 3 is 2.61 bits per heavy atom. The Labute approximate surface area is 166 Å². The van der Waals surface area contributed by atoms with Gasteiger partial charge in [0.05, 0.1) is 12.2 Å². The van der Waals surface area contributed by atoms with E-state index in [2.05, 4.69) is 26.1 Å². The van der Waals surface area contributed by atoms with Crippen LogP contribution < -0.4 is 15.0 Å². The number of nitrogens with one attached hydrogen (secondary N) is 1. The van der Waals surface area contributed by atoms with E-state index < -0.39 is 0 Å². The van der Waals surface area contributed by atoms with Crippen molar-refractivity contribution in [3.63, 3.8) is 0 Å². The second kappa shape index (κ2) is 7.66. The van der Waals surface area contributed by atoms with Gasteiger partial charge >= 0.3 is 0 Å². The summed E-state index contributed by atoms with van der Waals surface area (Å²) >= 11 is 0. The van der Waals surface area contributed by atoms with E-state index in [-0.39, 0.29) is 29.9 Å². The van der Waals surface area contributed by atoms with Gasteiger partial charge in [0.25, 0.3) is 11.8 Å². The van der Waals surface area contributed by atoms with Gasteiger partial charge in [0, 0.05) is 11.6 Å². The zero-order valence-electron chi connectivity index (χ0n) is 17.2. The molecule has 28 heavy (non-hydrogen) atoms. The summed E-state index contributed by atoms with van der Waals surface area (Å²) in [6.07, 6.45) is 0. The maximum absolute atomic E-state index is 12.6. The number of amides is 2. The number of hydrogen-bond acceptors (Lipinski definition) is 3. The molecule has 0 aromatic heterocycles. The molecule has 2 amide bonds. The van der Waals surface area contributed by atoms with Crippen LogP contribution in [0.5, 0.6) is 5.75 Å². The van der Waals surface area contributed by atoms with Gasteiger partial charge in [-0.05, 0) is 54.7 Å². The highest BCUT2D eigenvalue weighted by atomic mass is 16.5. The first-order valence-electron chi connectivity index (χ1n) is 9.62. The normalized spacial score (nSPS) is 13.9. The number of nitrogens with zero attached hydrogens (tertiary/aromatic N) is 1. The molecule has 3 rings (SSSR count). The monoisotopic (exact) mass is 380 g/mol. The van der Waals surface area contributed by atoms with Gasteiger partial charge < -0.3 is 15.0 Å². The van der Waals surface area contributed by atoms with Crippen LogP contribution in [-0.4, -0.2) is 24.5 Å². The van der Waals surface area contributed by atoms with Crippen molar-refractivity contribution in [2.45, 2.75) is 52.6 Å². The third-order valence-corrected chi connectivity index (χ3v) is 4.72. The van der Waals surface area contributed by atoms with E-state index in [4.69, 9.17) is 4.74 Å². The zero-order valence-corrected chi connectivity index (χ0v) is 17.2. The van der Waals surface area contributed by atoms with E-state index >= 15 is 0 Å². The van der Waals surface area contributed by atoms with Gasteiger partial charge in [-0.15, -0.1) is 0 Å². The van der Waals surface area contributed by atoms with Gasteiger partial charge in [-0.1, -0.05) is 39.0 Å². The van der Waals surface area contributed by atoms with E-state index in [0.29, 0.717) is 17.9 Å². The highest BCUT2D eigenvalue weighted by molar-refractivity contribution is 5.98. The van der Waals surface area contributed by atoms with Crippen LogP contribution in [0.3, 0.4) is 0 Å². The van der Waals surface area contributed by atoms with Crippen molar-refractivity contribution in [2.24, 2.45) is 0 Å². The van der Waals surface area contributed by atoms with Crippen molar-refractivity contribution in [3.05, 3.63) is 59.2 Å². The molecule has 0 saturated heterocycles. The predicted octanol–water partition coefficient (Wildman–Crippen LogP) is 4.05. The minimum atomic E-state index is -0.111. The molecule has 0 saturated carbocycles. The summed E-state index contributed by atoms with van der Waals surface area (Å²) in [7, 11) is 0. The minimum Gasteiger partial charge on any atom is -0.482 e. The second-order valence-electron chi connectivity index (χ2n) is 8.53. The van der Waals surface area contributed by atoms with Crippen molar-refractivity contribution >= 4 is 17.5 Å². The molecule has 1 aliphatic heterocycles. The Kier molecular flexibility index (Phi) is 5.45. The summed E-state index contributed by atoms with van der Waals surface area (Å²) < 4.78 is 5.62. The summed E-state index contributed by atoms with van der Waals surface area (Å²) in [5.74, 6) is 0.512. The maximum atomic E-state index is 12.6. The Morgan fingerprint density at radius 1 is 1.18 bits per heavy atom. The predicted molar refractivity (Wildman–Crippen MR) is 111 cm³/mol. The number of hydrogen-bond donors (Lipinski definition) is 1. The molecule has 5 heteroatoms. The fourth-order valence-corrected chi connectivity index (χ4v) is 3.18. The molecule has 1 N–H and O–H groups in total. The highest BCUT2D eigenvalue weighted by Gasteiger charge is 2.27. The van der Waals surface area contributed by atoms with Crippen molar-refractivity contribution in [3.8, 4) is 5.75 Å². The molecular formula is C23H28N2O3. The van der Waals surface area contributed by atoms with Crippen LogP contribution >= 0.6 is 0 Å². The van der Waals surface area contributed by atoms with E-state index in [1.807, 2.05) is 50.2 Å². The van der Waals surface area contributed by atoms with Gasteiger partial charge in [-0.25, -0.2) is 0 Å². The molecular weight excluding hydrogens is 352 g/mol. The Morgan fingerprint density at radius 2 is 1.93 bits per heavy atom. The van der Waals surface area contributed by atoms with E-state index in [1.165, 1.54) is 0 Å². The average Bonchev–Trinajstić information content (AvgIpc) is 2.62. The number of rotatable bonds is 4. The lowest BCUT2D eigenvalue weighted by Crippen LogP contribution is -2.38. The first-order chi connectivity index (χ1) is 13.1. The van der Waals surface area contributed by atoms with Crippen LogP contribution in [0, 0.1) is 0 Å². The lowest BCUT2D eigenvalue weighted by molar-refractivity contribution is -0.121. The molecule has 0 radical (unpaired) electrons. The molecule has 2 aromatic carbocycles. The molecule has 0 bridgehead atoms. The van der Waals surface area contributed by atoms with Crippen molar-refractivity contribution in [1.29, 1.82) is 0 Å². The molecule has 2 aromatic rings. The SMILES string of the molecule is CC(C)NC(=O)c1cccc(CN2C(=O)COc3ccc(C(C)(C)C)cc32)c1. The quantitative estimate of drug-likeness (QED) is 0.871. The summed E-state index contributed by atoms with van der Waals surface area (Å²) in [6.45, 7) is 10.7. The summed E-state index contributed by atoms with van der Waals surface area (Å²) in [5, 5.41) is 2.90. The number of carbonyl (C=O) groups excluding carboxylic acids is 2. The van der Waals surface area contributed by atoms with Gasteiger partial charge in [-0.3, -0.25) is 9.59 Å². The molecule has 148 valence electrons. The minimum absolute atomic E-state index is 0.0232. The van der Waals surface area contributed by atoms with Crippen LogP contribution in [0.4, 0.5) is 5.69 Å². The number of ether oxygens (including phenoxy) is 1. The van der Waals surface area contributed by atoms with Crippen LogP contribution in [0.25, 0.3) is 0 Å². The fourth-order valence-electron chi connectivity index (χ4n) is 3.18. The molecule has 0 unspecified atom stereocenters. The number of benzene rings is 2. The van der Waals surface area contributed by atoms with E-state index in [1.54, 1.807) is 11.0 Å². The topological polar surface area (TPSA) is 58.6 Å². The largest absolute Gasteiger partial charge is 0.482 e.